The molecule has 0 bridgehead atoms. The van der Waals surface area contributed by atoms with E-state index in [2.05, 4.69) is 62.3 Å². The zero-order chi connectivity index (χ0) is 13.5. The van der Waals surface area contributed by atoms with Crippen molar-refractivity contribution in [2.75, 3.05) is 20.6 Å². The molecule has 1 atom stereocenters. The SMILES string of the molecule is CCC(CC)N(C)CC(NC)c1ccc(C)cc1. The molecule has 1 aromatic carbocycles. The molecule has 1 rings (SSSR count). The van der Waals surface area contributed by atoms with E-state index in [1.807, 2.05) is 7.05 Å². The summed E-state index contributed by atoms with van der Waals surface area (Å²) in [6.45, 7) is 7.73. The van der Waals surface area contributed by atoms with Gasteiger partial charge in [-0.05, 0) is 39.4 Å². The topological polar surface area (TPSA) is 15.3 Å². The summed E-state index contributed by atoms with van der Waals surface area (Å²) < 4.78 is 0. The molecule has 1 aromatic rings. The lowest BCUT2D eigenvalue weighted by Crippen LogP contribution is -2.37. The van der Waals surface area contributed by atoms with Gasteiger partial charge in [-0.2, -0.15) is 0 Å². The maximum absolute atomic E-state index is 3.43. The van der Waals surface area contributed by atoms with Crippen molar-refractivity contribution in [3.63, 3.8) is 0 Å². The van der Waals surface area contributed by atoms with Crippen LogP contribution >= 0.6 is 0 Å². The number of aryl methyl sites for hydroxylation is 1. The molecule has 0 amide bonds. The first kappa shape index (κ1) is 15.2. The van der Waals surface area contributed by atoms with Crippen molar-refractivity contribution in [2.24, 2.45) is 0 Å². The Morgan fingerprint density at radius 3 is 2.11 bits per heavy atom. The highest BCUT2D eigenvalue weighted by Crippen LogP contribution is 2.17. The van der Waals surface area contributed by atoms with Gasteiger partial charge in [-0.3, -0.25) is 0 Å². The van der Waals surface area contributed by atoms with Crippen molar-refractivity contribution in [2.45, 2.75) is 45.7 Å². The smallest absolute Gasteiger partial charge is 0.0446 e. The monoisotopic (exact) mass is 248 g/mol. The zero-order valence-corrected chi connectivity index (χ0v) is 12.5. The molecule has 2 nitrogen and oxygen atoms in total. The fraction of sp³-hybridized carbons (Fsp3) is 0.625. The Morgan fingerprint density at radius 1 is 1.11 bits per heavy atom. The van der Waals surface area contributed by atoms with Crippen LogP contribution in [0.25, 0.3) is 0 Å². The van der Waals surface area contributed by atoms with E-state index >= 15 is 0 Å². The molecule has 0 saturated carbocycles. The summed E-state index contributed by atoms with van der Waals surface area (Å²) in [6.07, 6.45) is 2.44. The van der Waals surface area contributed by atoms with E-state index in [9.17, 15) is 0 Å². The Bertz CT molecular complexity index is 327. The lowest BCUT2D eigenvalue weighted by Gasteiger charge is -2.30. The molecule has 1 N–H and O–H groups in total. The van der Waals surface area contributed by atoms with Gasteiger partial charge in [-0.25, -0.2) is 0 Å². The summed E-state index contributed by atoms with van der Waals surface area (Å²) in [7, 11) is 4.28. The van der Waals surface area contributed by atoms with Crippen molar-refractivity contribution in [1.29, 1.82) is 0 Å². The van der Waals surface area contributed by atoms with Crippen LogP contribution in [0.3, 0.4) is 0 Å². The van der Waals surface area contributed by atoms with Gasteiger partial charge in [0.25, 0.3) is 0 Å². The van der Waals surface area contributed by atoms with E-state index in [1.165, 1.54) is 24.0 Å². The second-order valence-electron chi connectivity index (χ2n) is 5.16. The van der Waals surface area contributed by atoms with Crippen molar-refractivity contribution in [1.82, 2.24) is 10.2 Å². The van der Waals surface area contributed by atoms with E-state index in [0.717, 1.165) is 6.54 Å². The third-order valence-electron chi connectivity index (χ3n) is 3.86. The maximum atomic E-state index is 3.43. The molecule has 2 heteroatoms. The van der Waals surface area contributed by atoms with Gasteiger partial charge >= 0.3 is 0 Å². The lowest BCUT2D eigenvalue weighted by molar-refractivity contribution is 0.209. The molecule has 0 fully saturated rings. The van der Waals surface area contributed by atoms with Crippen molar-refractivity contribution < 1.29 is 0 Å². The van der Waals surface area contributed by atoms with Crippen LogP contribution < -0.4 is 5.32 Å². The molecule has 0 aliphatic carbocycles. The molecule has 102 valence electrons. The van der Waals surface area contributed by atoms with Gasteiger partial charge in [0.15, 0.2) is 0 Å². The summed E-state index contributed by atoms with van der Waals surface area (Å²) in [6, 6.07) is 9.95. The van der Waals surface area contributed by atoms with Crippen LogP contribution in [-0.2, 0) is 0 Å². The van der Waals surface area contributed by atoms with Crippen molar-refractivity contribution in [3.05, 3.63) is 35.4 Å². The summed E-state index contributed by atoms with van der Waals surface area (Å²) in [5.41, 5.74) is 2.70. The van der Waals surface area contributed by atoms with Crippen LogP contribution in [0.2, 0.25) is 0 Å². The van der Waals surface area contributed by atoms with Gasteiger partial charge in [-0.1, -0.05) is 43.7 Å². The number of nitrogens with one attached hydrogen (secondary N) is 1. The average molecular weight is 248 g/mol. The minimum Gasteiger partial charge on any atom is -0.312 e. The minimum absolute atomic E-state index is 0.413. The highest BCUT2D eigenvalue weighted by Gasteiger charge is 2.16. The first-order chi connectivity index (χ1) is 8.62. The summed E-state index contributed by atoms with van der Waals surface area (Å²) in [5, 5.41) is 3.43. The number of likely N-dealkylation sites (N-methyl/N-ethyl adjacent to an activating group) is 2. The van der Waals surface area contributed by atoms with Crippen molar-refractivity contribution in [3.8, 4) is 0 Å². The fourth-order valence-corrected chi connectivity index (χ4v) is 2.51. The van der Waals surface area contributed by atoms with Gasteiger partial charge in [0.2, 0.25) is 0 Å². The normalized spacial score (nSPS) is 13.3. The number of hydrogen-bond donors (Lipinski definition) is 1. The maximum Gasteiger partial charge on any atom is 0.0446 e. The number of hydrogen-bond acceptors (Lipinski definition) is 2. The van der Waals surface area contributed by atoms with Gasteiger partial charge in [-0.15, -0.1) is 0 Å². The average Bonchev–Trinajstić information content (AvgIpc) is 2.38. The highest BCUT2D eigenvalue weighted by molar-refractivity contribution is 5.24. The standard InChI is InChI=1S/C16H28N2/c1-6-15(7-2)18(5)12-16(17-4)14-10-8-13(3)9-11-14/h8-11,15-17H,6-7,12H2,1-5H3. The van der Waals surface area contributed by atoms with Gasteiger partial charge in [0, 0.05) is 18.6 Å². The number of nitrogens with zero attached hydrogens (tertiary/aromatic N) is 1. The predicted molar refractivity (Wildman–Crippen MR) is 80.0 cm³/mol. The molecule has 18 heavy (non-hydrogen) atoms. The summed E-state index contributed by atoms with van der Waals surface area (Å²) >= 11 is 0. The van der Waals surface area contributed by atoms with Crippen LogP contribution in [0.4, 0.5) is 0 Å². The van der Waals surface area contributed by atoms with Gasteiger partial charge in [0.1, 0.15) is 0 Å². The fourth-order valence-electron chi connectivity index (χ4n) is 2.51. The minimum atomic E-state index is 0.413. The first-order valence-corrected chi connectivity index (χ1v) is 7.06. The summed E-state index contributed by atoms with van der Waals surface area (Å²) in [4.78, 5) is 2.47. The van der Waals surface area contributed by atoms with E-state index in [1.54, 1.807) is 0 Å². The molecule has 1 unspecified atom stereocenters. The van der Waals surface area contributed by atoms with E-state index in [4.69, 9.17) is 0 Å². The van der Waals surface area contributed by atoms with Gasteiger partial charge < -0.3 is 10.2 Å². The molecule has 0 heterocycles. The third kappa shape index (κ3) is 4.11. The van der Waals surface area contributed by atoms with Crippen LogP contribution in [0.5, 0.6) is 0 Å². The predicted octanol–water partition coefficient (Wildman–Crippen LogP) is 3.38. The zero-order valence-electron chi connectivity index (χ0n) is 12.5. The van der Waals surface area contributed by atoms with Gasteiger partial charge in [0.05, 0.1) is 0 Å². The first-order valence-electron chi connectivity index (χ1n) is 7.06. The Hall–Kier alpha value is -0.860. The van der Waals surface area contributed by atoms with Crippen LogP contribution in [-0.4, -0.2) is 31.6 Å². The Morgan fingerprint density at radius 2 is 1.67 bits per heavy atom. The molecule has 0 radical (unpaired) electrons. The molecular weight excluding hydrogens is 220 g/mol. The number of rotatable bonds is 7. The number of benzene rings is 1. The second kappa shape index (κ2) is 7.55. The Balaban J connectivity index is 2.69. The van der Waals surface area contributed by atoms with Crippen LogP contribution in [0.15, 0.2) is 24.3 Å². The van der Waals surface area contributed by atoms with E-state index in [0.29, 0.717) is 12.1 Å². The molecule has 0 aliphatic heterocycles. The lowest BCUT2D eigenvalue weighted by atomic mass is 10.0. The molecular formula is C16H28N2. The Kier molecular flexibility index (Phi) is 6.37. The van der Waals surface area contributed by atoms with Crippen molar-refractivity contribution >= 4 is 0 Å². The largest absolute Gasteiger partial charge is 0.312 e. The molecule has 0 aromatic heterocycles. The molecule has 0 spiro atoms. The Labute approximate surface area is 112 Å². The van der Waals surface area contributed by atoms with E-state index in [-0.39, 0.29) is 0 Å². The highest BCUT2D eigenvalue weighted by atomic mass is 15.1. The van der Waals surface area contributed by atoms with Crippen LogP contribution in [0.1, 0.15) is 43.9 Å². The molecule has 0 aliphatic rings. The quantitative estimate of drug-likeness (QED) is 0.796. The van der Waals surface area contributed by atoms with E-state index < -0.39 is 0 Å². The molecule has 0 saturated heterocycles. The second-order valence-corrected chi connectivity index (χ2v) is 5.16. The summed E-state index contributed by atoms with van der Waals surface area (Å²) in [5.74, 6) is 0. The van der Waals surface area contributed by atoms with Crippen LogP contribution in [0, 0.1) is 6.92 Å². The third-order valence-corrected chi connectivity index (χ3v) is 3.86.